The summed E-state index contributed by atoms with van der Waals surface area (Å²) in [4.78, 5) is 28.1. The lowest BCUT2D eigenvalue weighted by molar-refractivity contribution is -0.145. The maximum absolute atomic E-state index is 13.3. The van der Waals surface area contributed by atoms with E-state index in [1.807, 2.05) is 20.8 Å². The van der Waals surface area contributed by atoms with E-state index in [0.717, 1.165) is 0 Å². The second-order valence-corrected chi connectivity index (χ2v) is 8.94. The van der Waals surface area contributed by atoms with Crippen LogP contribution in [0, 0.1) is 10.8 Å². The highest BCUT2D eigenvalue weighted by Gasteiger charge is 2.64. The van der Waals surface area contributed by atoms with Gasteiger partial charge in [-0.3, -0.25) is 9.69 Å². The Morgan fingerprint density at radius 1 is 1.35 bits per heavy atom. The topological polar surface area (TPSA) is 86.9 Å². The van der Waals surface area contributed by atoms with E-state index in [9.17, 15) is 23.5 Å². The minimum atomic E-state index is -2.61. The second kappa shape index (κ2) is 5.90. The molecular weight excluding hydrogens is 344 g/mol. The minimum Gasteiger partial charge on any atom is -0.465 e. The summed E-state index contributed by atoms with van der Waals surface area (Å²) in [5.41, 5.74) is 3.50. The highest BCUT2D eigenvalue weighted by Crippen LogP contribution is 2.52. The molecule has 1 aliphatic carbocycles. The van der Waals surface area contributed by atoms with Crippen LogP contribution >= 0.6 is 0 Å². The molecule has 2 bridgehead atoms. The normalized spacial score (nSPS) is 36.4. The maximum Gasteiger partial charge on any atom is 0.407 e. The number of carboxylic acid groups (broad SMARTS) is 1. The van der Waals surface area contributed by atoms with E-state index in [-0.39, 0.29) is 36.9 Å². The van der Waals surface area contributed by atoms with Gasteiger partial charge in [0, 0.05) is 25.6 Å². The standard InChI is InChI=1S/C18H27F2N3O3/c1-16(2,3)18-7-12(9-23(18)15(25)26)22(10-18)14(24)17(8-13(19)20)5-4-11(21)6-17/h4-5,11-13H,6-10,21H2,1-3H3,(H,25,26)/t11-,12+,17+,18-/m1/s1. The van der Waals surface area contributed by atoms with Crippen molar-refractivity contribution >= 4 is 12.0 Å². The van der Waals surface area contributed by atoms with Crippen LogP contribution in [0.3, 0.4) is 0 Å². The number of hydrogen-bond donors (Lipinski definition) is 2. The number of carbonyl (C=O) groups excluding carboxylic acids is 1. The number of piperazine rings is 1. The number of alkyl halides is 2. The number of carbonyl (C=O) groups is 2. The van der Waals surface area contributed by atoms with Gasteiger partial charge in [-0.2, -0.15) is 0 Å². The molecule has 8 heteroatoms. The molecule has 2 saturated heterocycles. The zero-order valence-electron chi connectivity index (χ0n) is 15.4. The predicted molar refractivity (Wildman–Crippen MR) is 91.8 cm³/mol. The molecule has 26 heavy (non-hydrogen) atoms. The van der Waals surface area contributed by atoms with Gasteiger partial charge in [-0.05, 0) is 18.3 Å². The van der Waals surface area contributed by atoms with E-state index in [1.54, 1.807) is 11.0 Å². The monoisotopic (exact) mass is 371 g/mol. The Morgan fingerprint density at radius 3 is 2.46 bits per heavy atom. The lowest BCUT2D eigenvalue weighted by Gasteiger charge is -2.49. The van der Waals surface area contributed by atoms with Crippen molar-refractivity contribution in [3.8, 4) is 0 Å². The summed E-state index contributed by atoms with van der Waals surface area (Å²) in [6.45, 7) is 6.33. The van der Waals surface area contributed by atoms with Crippen LogP contribution < -0.4 is 5.73 Å². The van der Waals surface area contributed by atoms with Gasteiger partial charge < -0.3 is 15.7 Å². The third kappa shape index (κ3) is 2.69. The molecule has 0 radical (unpaired) electrons. The van der Waals surface area contributed by atoms with Crippen molar-refractivity contribution in [2.45, 2.75) is 64.1 Å². The number of halogens is 2. The van der Waals surface area contributed by atoms with Crippen LogP contribution in [0.4, 0.5) is 13.6 Å². The minimum absolute atomic E-state index is 0.171. The van der Waals surface area contributed by atoms with Gasteiger partial charge in [0.2, 0.25) is 12.3 Å². The van der Waals surface area contributed by atoms with Gasteiger partial charge >= 0.3 is 6.09 Å². The average Bonchev–Trinajstić information content (AvgIpc) is 3.17. The van der Waals surface area contributed by atoms with Crippen molar-refractivity contribution in [2.24, 2.45) is 16.6 Å². The Morgan fingerprint density at radius 2 is 2.00 bits per heavy atom. The number of amides is 2. The van der Waals surface area contributed by atoms with E-state index in [1.165, 1.54) is 11.0 Å². The molecule has 0 aromatic rings. The summed E-state index contributed by atoms with van der Waals surface area (Å²) in [7, 11) is 0. The van der Waals surface area contributed by atoms with Crippen molar-refractivity contribution in [3.63, 3.8) is 0 Å². The zero-order valence-corrected chi connectivity index (χ0v) is 15.4. The third-order valence-corrected chi connectivity index (χ3v) is 6.45. The number of nitrogens with zero attached hydrogens (tertiary/aromatic N) is 2. The van der Waals surface area contributed by atoms with Gasteiger partial charge in [-0.25, -0.2) is 13.6 Å². The molecule has 2 amide bonds. The van der Waals surface area contributed by atoms with Crippen molar-refractivity contribution in [1.82, 2.24) is 9.80 Å². The molecular formula is C18H27F2N3O3. The predicted octanol–water partition coefficient (Wildman–Crippen LogP) is 2.29. The van der Waals surface area contributed by atoms with Gasteiger partial charge in [0.25, 0.3) is 0 Å². The van der Waals surface area contributed by atoms with Crippen LogP contribution in [-0.4, -0.2) is 64.0 Å². The SMILES string of the molecule is CC(C)(C)[C@]12C[C@@H](CN1C(=O)O)N(C(=O)[C@@]1(CC(F)F)C=C[C@@H](N)C1)C2. The van der Waals surface area contributed by atoms with Gasteiger partial charge in [0.15, 0.2) is 0 Å². The molecule has 3 aliphatic rings. The van der Waals surface area contributed by atoms with E-state index in [0.29, 0.717) is 6.42 Å². The van der Waals surface area contributed by atoms with Crippen LogP contribution in [0.5, 0.6) is 0 Å². The molecule has 2 aliphatic heterocycles. The van der Waals surface area contributed by atoms with E-state index < -0.39 is 35.9 Å². The molecule has 3 rings (SSSR count). The summed E-state index contributed by atoms with van der Waals surface area (Å²) in [5, 5.41) is 9.60. The first-order valence-electron chi connectivity index (χ1n) is 8.97. The molecule has 2 heterocycles. The van der Waals surface area contributed by atoms with Gasteiger partial charge in [0.1, 0.15) is 0 Å². The molecule has 0 saturated carbocycles. The summed E-state index contributed by atoms with van der Waals surface area (Å²) in [6.07, 6.45) is -0.293. The van der Waals surface area contributed by atoms with Gasteiger partial charge in [-0.1, -0.05) is 32.9 Å². The summed E-state index contributed by atoms with van der Waals surface area (Å²) < 4.78 is 26.4. The Kier molecular flexibility index (Phi) is 4.33. The fraction of sp³-hybridized carbons (Fsp3) is 0.778. The van der Waals surface area contributed by atoms with Crippen LogP contribution in [0.25, 0.3) is 0 Å². The molecule has 146 valence electrons. The second-order valence-electron chi connectivity index (χ2n) is 8.94. The van der Waals surface area contributed by atoms with E-state index in [2.05, 4.69) is 0 Å². The van der Waals surface area contributed by atoms with E-state index >= 15 is 0 Å². The van der Waals surface area contributed by atoms with Crippen LogP contribution in [-0.2, 0) is 4.79 Å². The fourth-order valence-corrected chi connectivity index (χ4v) is 4.99. The van der Waals surface area contributed by atoms with Gasteiger partial charge in [-0.15, -0.1) is 0 Å². The summed E-state index contributed by atoms with van der Waals surface area (Å²) >= 11 is 0. The Hall–Kier alpha value is -1.70. The average molecular weight is 371 g/mol. The first kappa shape index (κ1) is 19.1. The molecule has 0 spiro atoms. The van der Waals surface area contributed by atoms with Crippen LogP contribution in [0.2, 0.25) is 0 Å². The summed E-state index contributed by atoms with van der Waals surface area (Å²) in [5.74, 6) is -0.344. The number of nitrogens with two attached hydrogens (primary N) is 1. The van der Waals surface area contributed by atoms with Crippen molar-refractivity contribution in [3.05, 3.63) is 12.2 Å². The zero-order chi connectivity index (χ0) is 19.5. The van der Waals surface area contributed by atoms with Crippen LogP contribution in [0.15, 0.2) is 12.2 Å². The fourth-order valence-electron chi connectivity index (χ4n) is 4.99. The highest BCUT2D eigenvalue weighted by molar-refractivity contribution is 5.87. The lowest BCUT2D eigenvalue weighted by Crippen LogP contribution is -2.63. The number of likely N-dealkylation sites (tertiary alicyclic amines) is 2. The highest BCUT2D eigenvalue weighted by atomic mass is 19.3. The first-order chi connectivity index (χ1) is 11.9. The van der Waals surface area contributed by atoms with Crippen molar-refractivity contribution in [1.29, 1.82) is 0 Å². The number of fused-ring (bicyclic) bond motifs is 2. The van der Waals surface area contributed by atoms with Crippen LogP contribution in [0.1, 0.15) is 40.0 Å². The molecule has 4 atom stereocenters. The van der Waals surface area contributed by atoms with Gasteiger partial charge in [0.05, 0.1) is 17.0 Å². The molecule has 2 fully saturated rings. The molecule has 3 N–H and O–H groups in total. The van der Waals surface area contributed by atoms with Crippen molar-refractivity contribution < 1.29 is 23.5 Å². The quantitative estimate of drug-likeness (QED) is 0.745. The smallest absolute Gasteiger partial charge is 0.407 e. The third-order valence-electron chi connectivity index (χ3n) is 6.45. The summed E-state index contributed by atoms with van der Waals surface area (Å²) in [6, 6.07) is -0.692. The Balaban J connectivity index is 1.91. The first-order valence-corrected chi connectivity index (χ1v) is 8.97. The maximum atomic E-state index is 13.3. The Bertz CT molecular complexity index is 648. The number of hydrogen-bond acceptors (Lipinski definition) is 3. The lowest BCUT2D eigenvalue weighted by atomic mass is 9.72. The molecule has 0 unspecified atom stereocenters. The largest absolute Gasteiger partial charge is 0.465 e. The Labute approximate surface area is 152 Å². The molecule has 6 nitrogen and oxygen atoms in total. The van der Waals surface area contributed by atoms with Crippen molar-refractivity contribution in [2.75, 3.05) is 13.1 Å². The number of rotatable bonds is 3. The molecule has 0 aromatic heterocycles. The van der Waals surface area contributed by atoms with E-state index in [4.69, 9.17) is 5.73 Å². The molecule has 0 aromatic carbocycles.